The molecule has 0 N–H and O–H groups in total. The molecule has 0 saturated carbocycles. The summed E-state index contributed by atoms with van der Waals surface area (Å²) in [4.78, 5) is 15.9. The van der Waals surface area contributed by atoms with Crippen LogP contribution in [0.5, 0.6) is 0 Å². The monoisotopic (exact) mass is 263 g/mol. The van der Waals surface area contributed by atoms with Gasteiger partial charge in [-0.2, -0.15) is 5.26 Å². The maximum absolute atomic E-state index is 11.8. The predicted octanol–water partition coefficient (Wildman–Crippen LogP) is 2.23. The molecule has 0 spiro atoms. The normalized spacial score (nSPS) is 10.3. The number of hydrogen-bond acceptors (Lipinski definition) is 4. The molecule has 0 radical (unpaired) electrons. The van der Waals surface area contributed by atoms with Gasteiger partial charge >= 0.3 is 5.97 Å². The number of halogens is 1. The van der Waals surface area contributed by atoms with Gasteiger partial charge in [0.25, 0.3) is 0 Å². The Balaban J connectivity index is 2.65. The first-order valence-corrected chi connectivity index (χ1v) is 5.76. The molecule has 2 rings (SSSR count). The van der Waals surface area contributed by atoms with Gasteiger partial charge in [-0.05, 0) is 19.1 Å². The summed E-state index contributed by atoms with van der Waals surface area (Å²) in [7, 11) is 0. The van der Waals surface area contributed by atoms with Crippen LogP contribution >= 0.6 is 11.6 Å². The number of carbonyl (C=O) groups excluding carboxylic acids is 1. The minimum Gasteiger partial charge on any atom is -0.461 e. The van der Waals surface area contributed by atoms with Gasteiger partial charge in [0.2, 0.25) is 0 Å². The standard InChI is InChI=1S/C12H10ClN3O2/c1-2-18-12(17)10-9(5-6-14)16-7-3-4-8(13)11(16)15-10/h3-4,7H,2,5H2,1H3. The van der Waals surface area contributed by atoms with E-state index in [1.807, 2.05) is 6.07 Å². The van der Waals surface area contributed by atoms with Crippen LogP contribution in [0.1, 0.15) is 23.1 Å². The van der Waals surface area contributed by atoms with Crippen molar-refractivity contribution in [1.29, 1.82) is 5.26 Å². The summed E-state index contributed by atoms with van der Waals surface area (Å²) in [6, 6.07) is 5.41. The number of carbonyl (C=O) groups is 1. The predicted molar refractivity (Wildman–Crippen MR) is 65.5 cm³/mol. The van der Waals surface area contributed by atoms with Crippen molar-refractivity contribution in [3.63, 3.8) is 0 Å². The van der Waals surface area contributed by atoms with Crippen molar-refractivity contribution in [1.82, 2.24) is 9.38 Å². The van der Waals surface area contributed by atoms with E-state index >= 15 is 0 Å². The lowest BCUT2D eigenvalue weighted by atomic mass is 10.2. The zero-order valence-electron chi connectivity index (χ0n) is 9.68. The highest BCUT2D eigenvalue weighted by molar-refractivity contribution is 6.33. The van der Waals surface area contributed by atoms with Crippen molar-refractivity contribution in [3.8, 4) is 6.07 Å². The minimum atomic E-state index is -0.539. The molecule has 5 nitrogen and oxygen atoms in total. The smallest absolute Gasteiger partial charge is 0.358 e. The van der Waals surface area contributed by atoms with Crippen LogP contribution in [0.4, 0.5) is 0 Å². The molecule has 0 aliphatic heterocycles. The third-order valence-electron chi connectivity index (χ3n) is 2.42. The van der Waals surface area contributed by atoms with Crippen LogP contribution in [0, 0.1) is 11.3 Å². The Morgan fingerprint density at radius 1 is 1.67 bits per heavy atom. The molecule has 0 aliphatic carbocycles. The van der Waals surface area contributed by atoms with Crippen molar-refractivity contribution in [2.75, 3.05) is 6.61 Å². The summed E-state index contributed by atoms with van der Waals surface area (Å²) in [6.07, 6.45) is 1.78. The molecular weight excluding hydrogens is 254 g/mol. The summed E-state index contributed by atoms with van der Waals surface area (Å²) in [5.74, 6) is -0.539. The molecule has 0 atom stereocenters. The van der Waals surface area contributed by atoms with Crippen molar-refractivity contribution in [2.24, 2.45) is 0 Å². The Morgan fingerprint density at radius 3 is 3.11 bits per heavy atom. The molecule has 2 aromatic rings. The second kappa shape index (κ2) is 5.07. The molecule has 2 heterocycles. The van der Waals surface area contributed by atoms with Gasteiger partial charge in [-0.25, -0.2) is 9.78 Å². The highest BCUT2D eigenvalue weighted by Crippen LogP contribution is 2.21. The second-order valence-electron chi connectivity index (χ2n) is 3.51. The van der Waals surface area contributed by atoms with Crippen molar-refractivity contribution < 1.29 is 9.53 Å². The maximum atomic E-state index is 11.8. The first-order chi connectivity index (χ1) is 8.69. The molecule has 0 saturated heterocycles. The number of rotatable bonds is 3. The maximum Gasteiger partial charge on any atom is 0.358 e. The molecule has 2 aromatic heterocycles. The van der Waals surface area contributed by atoms with Crippen LogP contribution in [-0.4, -0.2) is 22.0 Å². The van der Waals surface area contributed by atoms with Gasteiger partial charge in [-0.3, -0.25) is 0 Å². The zero-order valence-corrected chi connectivity index (χ0v) is 10.4. The highest BCUT2D eigenvalue weighted by atomic mass is 35.5. The molecule has 92 valence electrons. The van der Waals surface area contributed by atoms with E-state index in [0.29, 0.717) is 16.4 Å². The second-order valence-corrected chi connectivity index (χ2v) is 3.92. The first-order valence-electron chi connectivity index (χ1n) is 5.38. The third kappa shape index (κ3) is 2.03. The van der Waals surface area contributed by atoms with Crippen LogP contribution in [0.25, 0.3) is 5.65 Å². The highest BCUT2D eigenvalue weighted by Gasteiger charge is 2.20. The van der Waals surface area contributed by atoms with Crippen molar-refractivity contribution >= 4 is 23.2 Å². The fourth-order valence-electron chi connectivity index (χ4n) is 1.69. The van der Waals surface area contributed by atoms with Crippen LogP contribution in [0.15, 0.2) is 18.3 Å². The van der Waals surface area contributed by atoms with Gasteiger partial charge in [-0.1, -0.05) is 11.6 Å². The molecule has 6 heteroatoms. The van der Waals surface area contributed by atoms with Crippen LogP contribution < -0.4 is 0 Å². The van der Waals surface area contributed by atoms with Crippen molar-refractivity contribution in [3.05, 3.63) is 34.7 Å². The molecule has 0 bridgehead atoms. The van der Waals surface area contributed by atoms with Crippen LogP contribution in [-0.2, 0) is 11.2 Å². The molecule has 18 heavy (non-hydrogen) atoms. The first kappa shape index (κ1) is 12.4. The number of esters is 1. The van der Waals surface area contributed by atoms with Crippen LogP contribution in [0.3, 0.4) is 0 Å². The number of fused-ring (bicyclic) bond motifs is 1. The number of aromatic nitrogens is 2. The van der Waals surface area contributed by atoms with Gasteiger partial charge in [0.1, 0.15) is 0 Å². The summed E-state index contributed by atoms with van der Waals surface area (Å²) >= 11 is 6.01. The van der Waals surface area contributed by atoms with Gasteiger partial charge in [0, 0.05) is 6.20 Å². The van der Waals surface area contributed by atoms with Gasteiger partial charge in [0.15, 0.2) is 11.3 Å². The Kier molecular flexibility index (Phi) is 3.49. The largest absolute Gasteiger partial charge is 0.461 e. The summed E-state index contributed by atoms with van der Waals surface area (Å²) < 4.78 is 6.55. The van der Waals surface area contributed by atoms with E-state index in [4.69, 9.17) is 21.6 Å². The number of hydrogen-bond donors (Lipinski definition) is 0. The SMILES string of the molecule is CCOC(=O)c1nc2c(Cl)cccn2c1CC#N. The number of nitrogens with zero attached hydrogens (tertiary/aromatic N) is 3. The Bertz CT molecular complexity index is 643. The average Bonchev–Trinajstić information content (AvgIpc) is 2.71. The Labute approximate surface area is 109 Å². The Hall–Kier alpha value is -2.06. The number of ether oxygens (including phenoxy) is 1. The van der Waals surface area contributed by atoms with Crippen molar-refractivity contribution in [2.45, 2.75) is 13.3 Å². The van der Waals surface area contributed by atoms with E-state index in [1.54, 1.807) is 29.7 Å². The van der Waals surface area contributed by atoms with E-state index < -0.39 is 5.97 Å². The third-order valence-corrected chi connectivity index (χ3v) is 2.71. The summed E-state index contributed by atoms with van der Waals surface area (Å²) in [5, 5.41) is 9.25. The summed E-state index contributed by atoms with van der Waals surface area (Å²) in [5.41, 5.74) is 1.09. The van der Waals surface area contributed by atoms with E-state index in [-0.39, 0.29) is 18.7 Å². The topological polar surface area (TPSA) is 67.4 Å². The molecule has 0 amide bonds. The number of nitriles is 1. The molecule has 0 fully saturated rings. The average molecular weight is 264 g/mol. The molecule has 0 aliphatic rings. The van der Waals surface area contributed by atoms with E-state index in [9.17, 15) is 4.79 Å². The number of imidazole rings is 1. The molecule has 0 aromatic carbocycles. The number of pyridine rings is 1. The lowest BCUT2D eigenvalue weighted by Crippen LogP contribution is -2.08. The zero-order chi connectivity index (χ0) is 13.1. The van der Waals surface area contributed by atoms with E-state index in [0.717, 1.165) is 0 Å². The lowest BCUT2D eigenvalue weighted by Gasteiger charge is -2.00. The quantitative estimate of drug-likeness (QED) is 0.797. The van der Waals surface area contributed by atoms with E-state index in [2.05, 4.69) is 4.98 Å². The minimum absolute atomic E-state index is 0.0651. The van der Waals surface area contributed by atoms with Gasteiger partial charge in [0.05, 0.1) is 29.8 Å². The molecule has 0 unspecified atom stereocenters. The van der Waals surface area contributed by atoms with Gasteiger partial charge < -0.3 is 9.14 Å². The lowest BCUT2D eigenvalue weighted by molar-refractivity contribution is 0.0519. The molecular formula is C12H10ClN3O2. The fraction of sp³-hybridized carbons (Fsp3) is 0.250. The van der Waals surface area contributed by atoms with Gasteiger partial charge in [-0.15, -0.1) is 0 Å². The van der Waals surface area contributed by atoms with Crippen LogP contribution in [0.2, 0.25) is 5.02 Å². The summed E-state index contributed by atoms with van der Waals surface area (Å²) in [6.45, 7) is 1.97. The fourth-order valence-corrected chi connectivity index (χ4v) is 1.90. The van der Waals surface area contributed by atoms with E-state index in [1.165, 1.54) is 0 Å². The Morgan fingerprint density at radius 2 is 2.44 bits per heavy atom.